The van der Waals surface area contributed by atoms with Crippen molar-refractivity contribution in [2.75, 3.05) is 13.1 Å². The Morgan fingerprint density at radius 1 is 1.35 bits per heavy atom. The summed E-state index contributed by atoms with van der Waals surface area (Å²) in [6.45, 7) is 0.729. The first-order chi connectivity index (χ1) is 12.6. The number of carbonyl (C=O) groups is 2. The molecule has 0 spiro atoms. The van der Waals surface area contributed by atoms with E-state index in [0.717, 1.165) is 17.0 Å². The van der Waals surface area contributed by atoms with Crippen molar-refractivity contribution >= 4 is 34.7 Å². The molecule has 1 aromatic rings. The Kier molecular flexibility index (Phi) is 4.93. The van der Waals surface area contributed by atoms with E-state index in [9.17, 15) is 14.7 Å². The van der Waals surface area contributed by atoms with Gasteiger partial charge < -0.3 is 10.4 Å². The smallest absolute Gasteiger partial charge is 0.238 e. The lowest BCUT2D eigenvalue weighted by molar-refractivity contribution is -0.134. The molecule has 26 heavy (non-hydrogen) atoms. The lowest BCUT2D eigenvalue weighted by Gasteiger charge is -2.27. The molecule has 0 bridgehead atoms. The Bertz CT molecular complexity index is 765. The monoisotopic (exact) mass is 371 g/mol. The van der Waals surface area contributed by atoms with Crippen molar-refractivity contribution in [1.29, 1.82) is 0 Å². The minimum absolute atomic E-state index is 0.00955. The molecule has 136 valence electrons. The van der Waals surface area contributed by atoms with E-state index < -0.39 is 6.10 Å². The Morgan fingerprint density at radius 3 is 2.88 bits per heavy atom. The fourth-order valence-electron chi connectivity index (χ4n) is 3.55. The summed E-state index contributed by atoms with van der Waals surface area (Å²) in [5.74, 6) is -0.487. The molecular weight excluding hydrogens is 350 g/mol. The van der Waals surface area contributed by atoms with E-state index in [-0.39, 0.29) is 42.0 Å². The Balaban J connectivity index is 1.41. The summed E-state index contributed by atoms with van der Waals surface area (Å²) in [6, 6.07) is 9.74. The standard InChI is InChI=1S/C19H21N3O3S/c23-13(8-15-16(24)6-7-20-15)10-22-11-21-18-14(19(22)25)9-17(26-18)12-4-2-1-3-5-12/h1-5,9,11,14-16,18,20,24H,6-8,10H2. The minimum atomic E-state index is -0.489. The maximum absolute atomic E-state index is 12.8. The van der Waals surface area contributed by atoms with Crippen LogP contribution in [0.4, 0.5) is 0 Å². The van der Waals surface area contributed by atoms with E-state index in [1.54, 1.807) is 11.8 Å². The molecule has 3 aliphatic rings. The lowest BCUT2D eigenvalue weighted by atomic mass is 10.0. The van der Waals surface area contributed by atoms with Crippen LogP contribution >= 0.6 is 11.8 Å². The largest absolute Gasteiger partial charge is 0.391 e. The molecule has 0 aromatic heterocycles. The number of hydrogen-bond donors (Lipinski definition) is 2. The molecule has 1 aromatic carbocycles. The second-order valence-electron chi connectivity index (χ2n) is 6.82. The third kappa shape index (κ3) is 3.47. The molecule has 4 rings (SSSR count). The van der Waals surface area contributed by atoms with Crippen molar-refractivity contribution in [1.82, 2.24) is 10.2 Å². The van der Waals surface area contributed by atoms with Gasteiger partial charge in [0.05, 0.1) is 24.9 Å². The first-order valence-electron chi connectivity index (χ1n) is 8.82. The highest BCUT2D eigenvalue weighted by Gasteiger charge is 2.39. The molecule has 4 unspecified atom stereocenters. The highest BCUT2D eigenvalue weighted by Crippen LogP contribution is 2.44. The molecular formula is C19H21N3O3S. The normalized spacial score (nSPS) is 30.4. The van der Waals surface area contributed by atoms with Crippen LogP contribution in [-0.2, 0) is 9.59 Å². The SMILES string of the molecule is O=C(CC1NCCC1O)CN1C=NC2SC(c3ccccc3)=CC2C1=O. The number of amides is 1. The van der Waals surface area contributed by atoms with E-state index >= 15 is 0 Å². The number of nitrogens with one attached hydrogen (secondary N) is 1. The molecule has 0 aliphatic carbocycles. The lowest BCUT2D eigenvalue weighted by Crippen LogP contribution is -2.45. The highest BCUT2D eigenvalue weighted by atomic mass is 32.2. The maximum Gasteiger partial charge on any atom is 0.238 e. The van der Waals surface area contributed by atoms with Crippen LogP contribution in [0.2, 0.25) is 0 Å². The Hall–Kier alpha value is -1.96. The zero-order chi connectivity index (χ0) is 18.1. The second-order valence-corrected chi connectivity index (χ2v) is 7.98. The van der Waals surface area contributed by atoms with Gasteiger partial charge in [-0.05, 0) is 18.5 Å². The summed E-state index contributed by atoms with van der Waals surface area (Å²) < 4.78 is 0. The van der Waals surface area contributed by atoms with Gasteiger partial charge >= 0.3 is 0 Å². The topological polar surface area (TPSA) is 82.0 Å². The van der Waals surface area contributed by atoms with Crippen LogP contribution in [0.15, 0.2) is 41.4 Å². The van der Waals surface area contributed by atoms with E-state index in [4.69, 9.17) is 0 Å². The summed E-state index contributed by atoms with van der Waals surface area (Å²) in [6.07, 6.45) is 3.86. The fraction of sp³-hybridized carbons (Fsp3) is 0.421. The van der Waals surface area contributed by atoms with Crippen LogP contribution in [0.1, 0.15) is 18.4 Å². The van der Waals surface area contributed by atoms with Crippen LogP contribution in [0, 0.1) is 5.92 Å². The van der Waals surface area contributed by atoms with Crippen molar-refractivity contribution < 1.29 is 14.7 Å². The molecule has 7 heteroatoms. The van der Waals surface area contributed by atoms with Crippen molar-refractivity contribution in [3.05, 3.63) is 42.0 Å². The number of thioether (sulfide) groups is 1. The maximum atomic E-state index is 12.8. The zero-order valence-corrected chi connectivity index (χ0v) is 15.1. The van der Waals surface area contributed by atoms with Gasteiger partial charge in [-0.15, -0.1) is 0 Å². The molecule has 3 aliphatic heterocycles. The van der Waals surface area contributed by atoms with E-state index in [1.807, 2.05) is 36.4 Å². The van der Waals surface area contributed by atoms with E-state index in [2.05, 4.69) is 10.3 Å². The van der Waals surface area contributed by atoms with Gasteiger partial charge in [0.25, 0.3) is 0 Å². The van der Waals surface area contributed by atoms with Crippen molar-refractivity contribution in [3.8, 4) is 0 Å². The highest BCUT2D eigenvalue weighted by molar-refractivity contribution is 8.09. The predicted octanol–water partition coefficient (Wildman–Crippen LogP) is 1.27. The van der Waals surface area contributed by atoms with Gasteiger partial charge in [-0.2, -0.15) is 0 Å². The number of rotatable bonds is 5. The number of fused-ring (bicyclic) bond motifs is 1. The minimum Gasteiger partial charge on any atom is -0.391 e. The van der Waals surface area contributed by atoms with Crippen LogP contribution in [0.5, 0.6) is 0 Å². The zero-order valence-electron chi connectivity index (χ0n) is 14.2. The number of ketones is 1. The molecule has 0 radical (unpaired) electrons. The summed E-state index contributed by atoms with van der Waals surface area (Å²) >= 11 is 1.59. The van der Waals surface area contributed by atoms with Gasteiger partial charge in [0.1, 0.15) is 5.37 Å². The molecule has 2 N–H and O–H groups in total. The average Bonchev–Trinajstić information content (AvgIpc) is 3.25. The number of Topliss-reactive ketones (excluding diaryl/α,β-unsaturated/α-hetero) is 1. The Morgan fingerprint density at radius 2 is 2.15 bits per heavy atom. The molecule has 1 amide bonds. The third-order valence-electron chi connectivity index (χ3n) is 4.97. The van der Waals surface area contributed by atoms with Crippen LogP contribution in [0.3, 0.4) is 0 Å². The van der Waals surface area contributed by atoms with Crippen LogP contribution < -0.4 is 5.32 Å². The van der Waals surface area contributed by atoms with Crippen molar-refractivity contribution in [2.45, 2.75) is 30.4 Å². The number of carbonyl (C=O) groups excluding carboxylic acids is 2. The van der Waals surface area contributed by atoms with Gasteiger partial charge in [-0.3, -0.25) is 19.5 Å². The van der Waals surface area contributed by atoms with Gasteiger partial charge in [0.2, 0.25) is 5.91 Å². The first kappa shape index (κ1) is 17.5. The van der Waals surface area contributed by atoms with Gasteiger partial charge in [0.15, 0.2) is 5.78 Å². The summed E-state index contributed by atoms with van der Waals surface area (Å²) in [5, 5.41) is 12.8. The number of hydrogen-bond acceptors (Lipinski definition) is 6. The number of aliphatic hydroxyl groups is 1. The van der Waals surface area contributed by atoms with E-state index in [1.165, 1.54) is 11.2 Å². The molecule has 4 atom stereocenters. The fourth-order valence-corrected chi connectivity index (χ4v) is 4.76. The van der Waals surface area contributed by atoms with Crippen molar-refractivity contribution in [3.63, 3.8) is 0 Å². The number of nitrogens with zero attached hydrogens (tertiary/aromatic N) is 2. The summed E-state index contributed by atoms with van der Waals surface area (Å²) in [7, 11) is 0. The third-order valence-corrected chi connectivity index (χ3v) is 6.25. The van der Waals surface area contributed by atoms with Crippen molar-refractivity contribution in [2.24, 2.45) is 10.9 Å². The van der Waals surface area contributed by atoms with Gasteiger partial charge in [-0.25, -0.2) is 0 Å². The molecule has 1 saturated heterocycles. The van der Waals surface area contributed by atoms with E-state index in [0.29, 0.717) is 6.42 Å². The number of benzene rings is 1. The average molecular weight is 371 g/mol. The van der Waals surface area contributed by atoms with Crippen LogP contribution in [0.25, 0.3) is 4.91 Å². The van der Waals surface area contributed by atoms with Gasteiger partial charge in [0, 0.05) is 17.4 Å². The summed E-state index contributed by atoms with van der Waals surface area (Å²) in [4.78, 5) is 32.0. The number of aliphatic imine (C=N–C) groups is 1. The van der Waals surface area contributed by atoms with Crippen LogP contribution in [-0.4, -0.2) is 58.6 Å². The molecule has 0 saturated carbocycles. The molecule has 1 fully saturated rings. The quantitative estimate of drug-likeness (QED) is 0.815. The Labute approximate surface area is 156 Å². The molecule has 6 nitrogen and oxygen atoms in total. The number of aliphatic hydroxyl groups excluding tert-OH is 1. The summed E-state index contributed by atoms with van der Waals surface area (Å²) in [5.41, 5.74) is 1.08. The second kappa shape index (κ2) is 7.34. The van der Waals surface area contributed by atoms with Gasteiger partial charge in [-0.1, -0.05) is 48.2 Å². The molecule has 3 heterocycles. The predicted molar refractivity (Wildman–Crippen MR) is 102 cm³/mol. The first-order valence-corrected chi connectivity index (χ1v) is 9.70.